The number of furan rings is 1. The number of carbonyl (C=O) groups is 3. The van der Waals surface area contributed by atoms with Crippen molar-refractivity contribution in [3.8, 4) is 34.3 Å². The van der Waals surface area contributed by atoms with E-state index in [0.29, 0.717) is 28.4 Å². The Morgan fingerprint density at radius 2 is 1.74 bits per heavy atom. The number of fused-ring (bicyclic) bond motifs is 3. The Bertz CT molecular complexity index is 2080. The first-order chi connectivity index (χ1) is 22.7. The van der Waals surface area contributed by atoms with Crippen LogP contribution in [0.3, 0.4) is 0 Å². The second-order valence-corrected chi connectivity index (χ2v) is 12.0. The Morgan fingerprint density at radius 3 is 2.47 bits per heavy atom. The molecule has 2 aliphatic rings. The van der Waals surface area contributed by atoms with Crippen molar-refractivity contribution in [1.82, 2.24) is 10.3 Å². The highest BCUT2D eigenvalue weighted by Gasteiger charge is 2.63. The highest BCUT2D eigenvalue weighted by Crippen LogP contribution is 2.54. The number of carbonyl (C=O) groups excluding carboxylic acids is 3. The van der Waals surface area contributed by atoms with Gasteiger partial charge >= 0.3 is 0 Å². The summed E-state index contributed by atoms with van der Waals surface area (Å²) in [4.78, 5) is 45.9. The Kier molecular flexibility index (Phi) is 7.47. The predicted molar refractivity (Wildman–Crippen MR) is 174 cm³/mol. The van der Waals surface area contributed by atoms with Crippen LogP contribution in [0.2, 0.25) is 5.02 Å². The molecular weight excluding hydrogens is 624 g/mol. The average molecular weight is 655 g/mol. The summed E-state index contributed by atoms with van der Waals surface area (Å²) in [6, 6.07) is 16.4. The normalized spacial score (nSPS) is 18.2. The Labute approximate surface area is 274 Å². The molecule has 1 aliphatic carbocycles. The molecule has 1 aliphatic heterocycles. The molecular formula is C36H31ClN2O8. The minimum Gasteiger partial charge on any atom is -0.497 e. The maximum atomic E-state index is 14.8. The third kappa shape index (κ3) is 4.66. The van der Waals surface area contributed by atoms with E-state index in [2.05, 4.69) is 10.3 Å². The summed E-state index contributed by atoms with van der Waals surface area (Å²) in [5, 5.41) is 4.05. The SMILES string of the molecule is COc1ccc(-c2oc3c(c2CC(=O)NCc2cccc4[nH]ccc24)C(=O)C2(Oc4c(Cl)c(OC)cc(OC)c4C2=O)C(C)C3)cc1. The number of methoxy groups -OCH3 is 3. The third-order valence-corrected chi connectivity index (χ3v) is 9.46. The number of amides is 1. The van der Waals surface area contributed by atoms with Crippen LogP contribution < -0.4 is 24.3 Å². The number of ether oxygens (including phenoxy) is 4. The van der Waals surface area contributed by atoms with Crippen molar-refractivity contribution in [2.45, 2.75) is 31.9 Å². The molecule has 1 spiro atoms. The lowest BCUT2D eigenvalue weighted by atomic mass is 9.70. The molecule has 3 aromatic carbocycles. The molecule has 240 valence electrons. The van der Waals surface area contributed by atoms with Gasteiger partial charge in [-0.25, -0.2) is 0 Å². The molecule has 47 heavy (non-hydrogen) atoms. The summed E-state index contributed by atoms with van der Waals surface area (Å²) in [7, 11) is 4.41. The molecule has 2 N–H and O–H groups in total. The highest BCUT2D eigenvalue weighted by molar-refractivity contribution is 6.36. The van der Waals surface area contributed by atoms with Gasteiger partial charge in [0, 0.05) is 53.2 Å². The van der Waals surface area contributed by atoms with Crippen molar-refractivity contribution in [3.05, 3.63) is 93.8 Å². The predicted octanol–water partition coefficient (Wildman–Crippen LogP) is 6.36. The number of benzene rings is 3. The maximum absolute atomic E-state index is 14.8. The first-order valence-corrected chi connectivity index (χ1v) is 15.4. The molecule has 5 aromatic rings. The smallest absolute Gasteiger partial charge is 0.237 e. The van der Waals surface area contributed by atoms with E-state index < -0.39 is 23.1 Å². The molecule has 0 bridgehead atoms. The first kappa shape index (κ1) is 30.4. The number of ketones is 2. The van der Waals surface area contributed by atoms with E-state index in [1.54, 1.807) is 38.3 Å². The van der Waals surface area contributed by atoms with Gasteiger partial charge in [0.05, 0.1) is 33.3 Å². The molecule has 10 nitrogen and oxygen atoms in total. The second-order valence-electron chi connectivity index (χ2n) is 11.6. The number of rotatable bonds is 8. The fraction of sp³-hybridized carbons (Fsp3) is 0.250. The van der Waals surface area contributed by atoms with Crippen molar-refractivity contribution in [1.29, 1.82) is 0 Å². The molecule has 2 aromatic heterocycles. The Morgan fingerprint density at radius 1 is 1.00 bits per heavy atom. The van der Waals surface area contributed by atoms with Crippen molar-refractivity contribution < 1.29 is 37.7 Å². The molecule has 0 fully saturated rings. The van der Waals surface area contributed by atoms with Gasteiger partial charge in [0.1, 0.15) is 39.4 Å². The number of aromatic amines is 1. The highest BCUT2D eigenvalue weighted by atomic mass is 35.5. The van der Waals surface area contributed by atoms with Crippen LogP contribution in [0.1, 0.15) is 44.5 Å². The van der Waals surface area contributed by atoms with Gasteiger partial charge in [-0.2, -0.15) is 0 Å². The van der Waals surface area contributed by atoms with Gasteiger partial charge in [-0.05, 0) is 42.0 Å². The lowest BCUT2D eigenvalue weighted by molar-refractivity contribution is -0.120. The van der Waals surface area contributed by atoms with Gasteiger partial charge in [-0.3, -0.25) is 14.4 Å². The zero-order valence-electron chi connectivity index (χ0n) is 26.1. The lowest BCUT2D eigenvalue weighted by Crippen LogP contribution is -2.56. The standard InChI is InChI=1S/C36H31ClN2O8/c1-18-14-26-29(34(41)36(18)35(42)30-25(44-3)16-27(45-4)31(37)33(30)47-36)23(32(46-26)19-8-10-21(43-2)11-9-19)15-28(40)39-17-20-6-5-7-24-22(20)12-13-38-24/h5-13,16,18,38H,14-15,17H2,1-4H3,(H,39,40). The molecule has 2 unspecified atom stereocenters. The van der Waals surface area contributed by atoms with E-state index in [1.165, 1.54) is 20.3 Å². The molecule has 1 amide bonds. The summed E-state index contributed by atoms with van der Waals surface area (Å²) in [5.74, 6) is -0.337. The van der Waals surface area contributed by atoms with Crippen LogP contribution in [-0.2, 0) is 24.2 Å². The number of halogens is 1. The number of hydrogen-bond acceptors (Lipinski definition) is 8. The van der Waals surface area contributed by atoms with Crippen LogP contribution in [0, 0.1) is 5.92 Å². The zero-order chi connectivity index (χ0) is 33.0. The first-order valence-electron chi connectivity index (χ1n) is 15.1. The Hall–Kier alpha value is -5.22. The minimum atomic E-state index is -1.95. The molecule has 11 heteroatoms. The average Bonchev–Trinajstić information content (AvgIpc) is 3.79. The number of Topliss-reactive ketones (excluding diaryl/α,β-unsaturated/α-hetero) is 2. The topological polar surface area (TPSA) is 129 Å². The van der Waals surface area contributed by atoms with E-state index in [1.807, 2.05) is 30.5 Å². The summed E-state index contributed by atoms with van der Waals surface area (Å²) in [5.41, 5.74) is 1.18. The van der Waals surface area contributed by atoms with E-state index in [0.717, 1.165) is 16.5 Å². The van der Waals surface area contributed by atoms with Crippen molar-refractivity contribution in [2.24, 2.45) is 5.92 Å². The fourth-order valence-corrected chi connectivity index (χ4v) is 6.96. The summed E-state index contributed by atoms with van der Waals surface area (Å²) in [6.45, 7) is 2.03. The summed E-state index contributed by atoms with van der Waals surface area (Å²) >= 11 is 6.62. The number of aromatic nitrogens is 1. The quantitative estimate of drug-likeness (QED) is 0.185. The zero-order valence-corrected chi connectivity index (χ0v) is 26.9. The van der Waals surface area contributed by atoms with E-state index >= 15 is 0 Å². The largest absolute Gasteiger partial charge is 0.497 e. The number of H-pyrrole nitrogens is 1. The third-order valence-electron chi connectivity index (χ3n) is 9.10. The van der Waals surface area contributed by atoms with E-state index in [-0.39, 0.29) is 58.7 Å². The van der Waals surface area contributed by atoms with E-state index in [9.17, 15) is 14.4 Å². The van der Waals surface area contributed by atoms with Crippen LogP contribution in [-0.4, -0.2) is 49.4 Å². The maximum Gasteiger partial charge on any atom is 0.237 e. The molecule has 3 heterocycles. The molecule has 0 saturated heterocycles. The summed E-state index contributed by atoms with van der Waals surface area (Å²) in [6.07, 6.45) is 1.86. The molecule has 0 radical (unpaired) electrons. The molecule has 7 rings (SSSR count). The second kappa shape index (κ2) is 11.5. The van der Waals surface area contributed by atoms with Crippen LogP contribution >= 0.6 is 11.6 Å². The van der Waals surface area contributed by atoms with Crippen LogP contribution in [0.4, 0.5) is 0 Å². The van der Waals surface area contributed by atoms with Crippen LogP contribution in [0.15, 0.2) is 65.2 Å². The minimum absolute atomic E-state index is 0.0219. The van der Waals surface area contributed by atoms with Gasteiger partial charge in [-0.1, -0.05) is 30.7 Å². The lowest BCUT2D eigenvalue weighted by Gasteiger charge is -2.35. The van der Waals surface area contributed by atoms with Crippen molar-refractivity contribution >= 4 is 40.0 Å². The summed E-state index contributed by atoms with van der Waals surface area (Å²) < 4.78 is 28.9. The van der Waals surface area contributed by atoms with Crippen molar-refractivity contribution in [3.63, 3.8) is 0 Å². The number of nitrogens with one attached hydrogen (secondary N) is 2. The van der Waals surface area contributed by atoms with Gasteiger partial charge in [0.2, 0.25) is 23.1 Å². The fourth-order valence-electron chi connectivity index (χ4n) is 6.70. The van der Waals surface area contributed by atoms with Gasteiger partial charge in [-0.15, -0.1) is 0 Å². The molecule has 2 atom stereocenters. The van der Waals surface area contributed by atoms with Crippen LogP contribution in [0.5, 0.6) is 23.0 Å². The number of hydrogen-bond donors (Lipinski definition) is 2. The molecule has 0 saturated carbocycles. The monoisotopic (exact) mass is 654 g/mol. The van der Waals surface area contributed by atoms with Gasteiger partial charge in [0.25, 0.3) is 0 Å². The van der Waals surface area contributed by atoms with Crippen molar-refractivity contribution in [2.75, 3.05) is 21.3 Å². The van der Waals surface area contributed by atoms with Gasteiger partial charge in [0.15, 0.2) is 5.75 Å². The van der Waals surface area contributed by atoms with E-state index in [4.69, 9.17) is 35.0 Å². The Balaban J connectivity index is 1.30. The van der Waals surface area contributed by atoms with Crippen LogP contribution in [0.25, 0.3) is 22.2 Å². The van der Waals surface area contributed by atoms with Gasteiger partial charge < -0.3 is 33.7 Å².